The van der Waals surface area contributed by atoms with Gasteiger partial charge in [-0.1, -0.05) is 24.7 Å². The van der Waals surface area contributed by atoms with Gasteiger partial charge in [0.1, 0.15) is 0 Å². The highest BCUT2D eigenvalue weighted by Crippen LogP contribution is 2.24. The lowest BCUT2D eigenvalue weighted by molar-refractivity contribution is 0.614. The lowest BCUT2D eigenvalue weighted by Crippen LogP contribution is -2.20. The molecule has 0 aliphatic carbocycles. The van der Waals surface area contributed by atoms with Crippen molar-refractivity contribution in [3.05, 3.63) is 28.7 Å². The quantitative estimate of drug-likeness (QED) is 0.889. The van der Waals surface area contributed by atoms with E-state index in [2.05, 4.69) is 22.4 Å². The van der Waals surface area contributed by atoms with Crippen molar-refractivity contribution in [1.29, 1.82) is 0 Å². The van der Waals surface area contributed by atoms with E-state index in [0.29, 0.717) is 16.6 Å². The summed E-state index contributed by atoms with van der Waals surface area (Å²) in [6.45, 7) is 6.95. The molecule has 0 spiro atoms. The molecule has 0 atom stereocenters. The molecule has 2 heterocycles. The topological polar surface area (TPSA) is 59.8 Å². The number of unbranched alkanes of at least 4 members (excludes halogenated alkanes) is 1. The lowest BCUT2D eigenvalue weighted by atomic mass is 10.2. The van der Waals surface area contributed by atoms with Gasteiger partial charge in [-0.2, -0.15) is 0 Å². The molecule has 2 aromatic heterocycles. The summed E-state index contributed by atoms with van der Waals surface area (Å²) in [7, 11) is 0. The van der Waals surface area contributed by atoms with Gasteiger partial charge in [0.15, 0.2) is 5.01 Å². The van der Waals surface area contributed by atoms with Crippen LogP contribution >= 0.6 is 11.3 Å². The fourth-order valence-electron chi connectivity index (χ4n) is 1.84. The van der Waals surface area contributed by atoms with Crippen LogP contribution in [0.3, 0.4) is 0 Å². The minimum Gasteiger partial charge on any atom is -0.358 e. The second-order valence-corrected chi connectivity index (χ2v) is 5.96. The van der Waals surface area contributed by atoms with Gasteiger partial charge in [0, 0.05) is 18.8 Å². The molecule has 0 saturated heterocycles. The van der Waals surface area contributed by atoms with E-state index in [0.717, 1.165) is 24.5 Å². The van der Waals surface area contributed by atoms with Gasteiger partial charge in [-0.25, -0.2) is 0 Å². The minimum atomic E-state index is 0.00759. The minimum absolute atomic E-state index is 0.00759. The Bertz CT molecular complexity index is 618. The van der Waals surface area contributed by atoms with Crippen molar-refractivity contribution in [3.63, 3.8) is 0 Å². The Morgan fingerprint density at radius 3 is 2.90 bits per heavy atom. The molecule has 5 nitrogen and oxygen atoms in total. The molecule has 0 amide bonds. The van der Waals surface area contributed by atoms with Gasteiger partial charge < -0.3 is 9.88 Å². The molecule has 0 aliphatic rings. The molecule has 0 saturated carbocycles. The average Bonchev–Trinajstić information content (AvgIpc) is 2.85. The third kappa shape index (κ3) is 3.45. The van der Waals surface area contributed by atoms with Gasteiger partial charge >= 0.3 is 0 Å². The van der Waals surface area contributed by atoms with Crippen LogP contribution in [-0.4, -0.2) is 20.8 Å². The summed E-state index contributed by atoms with van der Waals surface area (Å²) in [5.74, 6) is 0. The Balaban J connectivity index is 2.28. The maximum Gasteiger partial charge on any atom is 0.260 e. The van der Waals surface area contributed by atoms with E-state index in [1.54, 1.807) is 4.57 Å². The van der Waals surface area contributed by atoms with Crippen molar-refractivity contribution in [2.45, 2.75) is 46.2 Å². The molecule has 0 aromatic carbocycles. The van der Waals surface area contributed by atoms with E-state index in [-0.39, 0.29) is 5.56 Å². The van der Waals surface area contributed by atoms with Crippen molar-refractivity contribution in [3.8, 4) is 10.6 Å². The Labute approximate surface area is 122 Å². The zero-order chi connectivity index (χ0) is 14.5. The fourth-order valence-corrected chi connectivity index (χ4v) is 2.75. The van der Waals surface area contributed by atoms with Crippen molar-refractivity contribution < 1.29 is 0 Å². The van der Waals surface area contributed by atoms with Crippen LogP contribution in [0, 0.1) is 0 Å². The third-order valence-corrected chi connectivity index (χ3v) is 3.73. The van der Waals surface area contributed by atoms with Gasteiger partial charge in [0.05, 0.1) is 5.56 Å². The number of nitrogens with zero attached hydrogens (tertiary/aromatic N) is 3. The number of nitrogens with one attached hydrogen (secondary N) is 1. The first-order chi connectivity index (χ1) is 9.61. The number of aromatic nitrogens is 3. The van der Waals surface area contributed by atoms with E-state index in [1.807, 2.05) is 32.2 Å². The summed E-state index contributed by atoms with van der Waals surface area (Å²) >= 11 is 1.41. The summed E-state index contributed by atoms with van der Waals surface area (Å²) in [5, 5.41) is 12.8. The van der Waals surface area contributed by atoms with Crippen molar-refractivity contribution >= 4 is 16.5 Å². The van der Waals surface area contributed by atoms with E-state index in [1.165, 1.54) is 11.3 Å². The Kier molecular flexibility index (Phi) is 4.89. The van der Waals surface area contributed by atoms with Crippen molar-refractivity contribution in [2.75, 3.05) is 5.32 Å². The standard InChI is InChI=1S/C14H20N4OS/c1-4-5-8-18-9-6-7-11(13(18)19)12-16-17-14(20-12)15-10(2)3/h6-7,9-10H,4-5,8H2,1-3H3,(H,15,17). The molecule has 1 N–H and O–H groups in total. The number of hydrogen-bond donors (Lipinski definition) is 1. The molecule has 108 valence electrons. The van der Waals surface area contributed by atoms with Crippen LogP contribution in [-0.2, 0) is 6.54 Å². The summed E-state index contributed by atoms with van der Waals surface area (Å²) in [6, 6.07) is 4.00. The van der Waals surface area contributed by atoms with Crippen LogP contribution in [0.4, 0.5) is 5.13 Å². The summed E-state index contributed by atoms with van der Waals surface area (Å²) < 4.78 is 1.75. The highest BCUT2D eigenvalue weighted by Gasteiger charge is 2.12. The maximum absolute atomic E-state index is 12.4. The summed E-state index contributed by atoms with van der Waals surface area (Å²) in [5.41, 5.74) is 0.631. The maximum atomic E-state index is 12.4. The van der Waals surface area contributed by atoms with Crippen molar-refractivity contribution in [1.82, 2.24) is 14.8 Å². The number of hydrogen-bond acceptors (Lipinski definition) is 5. The van der Waals surface area contributed by atoms with E-state index < -0.39 is 0 Å². The van der Waals surface area contributed by atoms with E-state index in [9.17, 15) is 4.79 Å². The normalized spacial score (nSPS) is 11.0. The number of rotatable bonds is 6. The van der Waals surface area contributed by atoms with Gasteiger partial charge in [-0.15, -0.1) is 10.2 Å². The predicted molar refractivity (Wildman–Crippen MR) is 83.3 cm³/mol. The van der Waals surface area contributed by atoms with Crippen LogP contribution in [0.15, 0.2) is 23.1 Å². The first-order valence-corrected chi connectivity index (χ1v) is 7.73. The van der Waals surface area contributed by atoms with Crippen LogP contribution in [0.2, 0.25) is 0 Å². The predicted octanol–water partition coefficient (Wildman–Crippen LogP) is 2.99. The van der Waals surface area contributed by atoms with Crippen LogP contribution in [0.25, 0.3) is 10.6 Å². The molecule has 0 fully saturated rings. The second kappa shape index (κ2) is 6.65. The molecule has 20 heavy (non-hydrogen) atoms. The highest BCUT2D eigenvalue weighted by atomic mass is 32.1. The Morgan fingerprint density at radius 1 is 1.40 bits per heavy atom. The molecular weight excluding hydrogens is 272 g/mol. The number of anilines is 1. The van der Waals surface area contributed by atoms with Gasteiger partial charge in [-0.3, -0.25) is 4.79 Å². The van der Waals surface area contributed by atoms with Crippen molar-refractivity contribution in [2.24, 2.45) is 0 Å². The highest BCUT2D eigenvalue weighted by molar-refractivity contribution is 7.18. The lowest BCUT2D eigenvalue weighted by Gasteiger charge is -2.05. The third-order valence-electron chi connectivity index (χ3n) is 2.84. The van der Waals surface area contributed by atoms with Crippen LogP contribution < -0.4 is 10.9 Å². The average molecular weight is 292 g/mol. The second-order valence-electron chi connectivity index (χ2n) is 4.99. The molecule has 6 heteroatoms. The van der Waals surface area contributed by atoms with E-state index in [4.69, 9.17) is 0 Å². The first-order valence-electron chi connectivity index (χ1n) is 6.91. The fraction of sp³-hybridized carbons (Fsp3) is 0.500. The summed E-state index contributed by atoms with van der Waals surface area (Å²) in [6.07, 6.45) is 3.90. The Hall–Kier alpha value is -1.69. The van der Waals surface area contributed by atoms with Gasteiger partial charge in [-0.05, 0) is 32.4 Å². The largest absolute Gasteiger partial charge is 0.358 e. The van der Waals surface area contributed by atoms with Crippen LogP contribution in [0.1, 0.15) is 33.6 Å². The zero-order valence-corrected chi connectivity index (χ0v) is 12.9. The molecule has 2 aromatic rings. The monoisotopic (exact) mass is 292 g/mol. The molecule has 0 unspecified atom stereocenters. The molecular formula is C14H20N4OS. The van der Waals surface area contributed by atoms with Gasteiger partial charge in [0.25, 0.3) is 5.56 Å². The first kappa shape index (κ1) is 14.7. The van der Waals surface area contributed by atoms with Crippen LogP contribution in [0.5, 0.6) is 0 Å². The molecule has 2 rings (SSSR count). The SMILES string of the molecule is CCCCn1cccc(-c2nnc(NC(C)C)s2)c1=O. The number of pyridine rings is 1. The van der Waals surface area contributed by atoms with Gasteiger partial charge in [0.2, 0.25) is 5.13 Å². The summed E-state index contributed by atoms with van der Waals surface area (Å²) in [4.78, 5) is 12.4. The van der Waals surface area contributed by atoms with E-state index >= 15 is 0 Å². The molecule has 0 aliphatic heterocycles. The Morgan fingerprint density at radius 2 is 2.20 bits per heavy atom. The number of aryl methyl sites for hydroxylation is 1. The molecule has 0 radical (unpaired) electrons. The smallest absolute Gasteiger partial charge is 0.260 e. The molecule has 0 bridgehead atoms. The zero-order valence-electron chi connectivity index (χ0n) is 12.1.